The van der Waals surface area contributed by atoms with Gasteiger partial charge in [0, 0.05) is 0 Å². The third kappa shape index (κ3) is 5.62. The molecule has 0 saturated carbocycles. The molecule has 0 saturated heterocycles. The van der Waals surface area contributed by atoms with Gasteiger partial charge in [-0.15, -0.1) is 0 Å². The van der Waals surface area contributed by atoms with Crippen molar-refractivity contribution in [3.63, 3.8) is 0 Å². The molecule has 3 rings (SSSR count). The topological polar surface area (TPSA) is 53.5 Å². The van der Waals surface area contributed by atoms with Gasteiger partial charge in [-0.3, -0.25) is 0 Å². The molecule has 0 N–H and O–H groups in total. The Labute approximate surface area is 198 Å². The van der Waals surface area contributed by atoms with E-state index in [9.17, 15) is 0 Å². The third-order valence-electron chi connectivity index (χ3n) is 6.21. The van der Waals surface area contributed by atoms with Crippen molar-refractivity contribution in [2.75, 3.05) is 7.11 Å². The molecule has 2 heterocycles. The van der Waals surface area contributed by atoms with E-state index in [1.165, 1.54) is 56.3 Å². The molecular weight excluding hydrogens is 562 g/mol. The molecule has 2 aromatic rings. The van der Waals surface area contributed by atoms with Crippen molar-refractivity contribution in [1.82, 2.24) is 9.19 Å². The Morgan fingerprint density at radius 2 is 1.58 bits per heavy atom. The van der Waals surface area contributed by atoms with Crippen LogP contribution in [0.3, 0.4) is 0 Å². The molecule has 1 aliphatic rings. The molecule has 0 fully saturated rings. The number of fused-ring (bicyclic) bond motifs is 3. The van der Waals surface area contributed by atoms with Gasteiger partial charge >= 0.3 is 200 Å². The zero-order chi connectivity index (χ0) is 22.5. The SMILES string of the molecule is CCC[CH2][Sn]([CH2]CCC)([CH2]CCC)[O]c1cc2c(cc1OC)-c1nn[se]c1C(C)(C)O2. The molecule has 0 bridgehead atoms. The van der Waals surface area contributed by atoms with Gasteiger partial charge in [0.25, 0.3) is 0 Å². The molecule has 0 spiro atoms. The van der Waals surface area contributed by atoms with Crippen LogP contribution >= 0.6 is 0 Å². The number of methoxy groups -OCH3 is 1. The first kappa shape index (κ1) is 24.9. The summed E-state index contributed by atoms with van der Waals surface area (Å²) in [6, 6.07) is 4.14. The molecule has 0 aliphatic carbocycles. The van der Waals surface area contributed by atoms with Gasteiger partial charge in [-0.05, 0) is 0 Å². The van der Waals surface area contributed by atoms with Gasteiger partial charge in [0.1, 0.15) is 0 Å². The summed E-state index contributed by atoms with van der Waals surface area (Å²) in [4.78, 5) is 0. The Hall–Kier alpha value is -0.722. The van der Waals surface area contributed by atoms with Crippen LogP contribution in [-0.4, -0.2) is 49.8 Å². The fourth-order valence-electron chi connectivity index (χ4n) is 4.39. The van der Waals surface area contributed by atoms with Gasteiger partial charge in [0.15, 0.2) is 0 Å². The Morgan fingerprint density at radius 1 is 0.968 bits per heavy atom. The zero-order valence-corrected chi connectivity index (χ0v) is 24.6. The number of hydrogen-bond acceptors (Lipinski definition) is 5. The van der Waals surface area contributed by atoms with Gasteiger partial charge in [-0.2, -0.15) is 0 Å². The van der Waals surface area contributed by atoms with Crippen molar-refractivity contribution in [1.29, 1.82) is 0 Å². The molecule has 7 heteroatoms. The van der Waals surface area contributed by atoms with E-state index in [2.05, 4.69) is 55.9 Å². The van der Waals surface area contributed by atoms with Gasteiger partial charge in [-0.25, -0.2) is 0 Å². The molecule has 31 heavy (non-hydrogen) atoms. The van der Waals surface area contributed by atoms with Crippen LogP contribution in [0, 0.1) is 0 Å². The van der Waals surface area contributed by atoms with Gasteiger partial charge in [0.05, 0.1) is 0 Å². The van der Waals surface area contributed by atoms with Crippen molar-refractivity contribution < 1.29 is 12.5 Å². The molecule has 1 aromatic carbocycles. The van der Waals surface area contributed by atoms with Crippen molar-refractivity contribution >= 4 is 33.5 Å². The van der Waals surface area contributed by atoms with Crippen LogP contribution in [0.2, 0.25) is 13.3 Å². The standard InChI is InChI=1S/C12H12N2O3Se.3C4H9.Sn/c1-12(2)11-10(13-14-18-11)6-4-9(16-3)7(15)5-8(6)17-12;3*1-3-4-2;/h4-5,15H,1-3H3;3*1,3-4H2,2H3;/q;;;;+1/p-1. The zero-order valence-electron chi connectivity index (χ0n) is 20.0. The fourth-order valence-corrected chi connectivity index (χ4v) is 19.2. The van der Waals surface area contributed by atoms with Gasteiger partial charge < -0.3 is 0 Å². The van der Waals surface area contributed by atoms with E-state index in [1.807, 2.05) is 0 Å². The number of hydrogen-bond donors (Lipinski definition) is 0. The van der Waals surface area contributed by atoms with Crippen molar-refractivity contribution in [2.24, 2.45) is 0 Å². The van der Waals surface area contributed by atoms with Crippen LogP contribution in [0.4, 0.5) is 0 Å². The van der Waals surface area contributed by atoms with Crippen LogP contribution in [0.5, 0.6) is 17.2 Å². The number of benzene rings is 1. The summed E-state index contributed by atoms with van der Waals surface area (Å²) in [5.74, 6) is 2.52. The van der Waals surface area contributed by atoms with Gasteiger partial charge in [-0.1, -0.05) is 0 Å². The molecule has 5 nitrogen and oxygen atoms in total. The molecule has 0 unspecified atom stereocenters. The van der Waals surface area contributed by atoms with Gasteiger partial charge in [0.2, 0.25) is 0 Å². The fraction of sp³-hybridized carbons (Fsp3) is 0.667. The van der Waals surface area contributed by atoms with E-state index < -0.39 is 18.8 Å². The van der Waals surface area contributed by atoms with Crippen LogP contribution in [-0.2, 0) is 5.60 Å². The second-order valence-electron chi connectivity index (χ2n) is 9.16. The number of ether oxygens (including phenoxy) is 2. The molecule has 1 aromatic heterocycles. The molecule has 0 atom stereocenters. The Morgan fingerprint density at radius 3 is 2.13 bits per heavy atom. The van der Waals surface area contributed by atoms with Crippen molar-refractivity contribution in [3.05, 3.63) is 16.6 Å². The summed E-state index contributed by atoms with van der Waals surface area (Å²) in [5.41, 5.74) is 1.57. The molecule has 0 radical (unpaired) electrons. The third-order valence-corrected chi connectivity index (χ3v) is 21.1. The first-order chi connectivity index (χ1) is 14.9. The predicted octanol–water partition coefficient (Wildman–Crippen LogP) is 6.56. The summed E-state index contributed by atoms with van der Waals surface area (Å²) in [7, 11) is 1.74. The van der Waals surface area contributed by atoms with Crippen LogP contribution in [0.25, 0.3) is 11.3 Å². The first-order valence-electron chi connectivity index (χ1n) is 11.8. The molecule has 0 amide bonds. The Kier molecular flexibility index (Phi) is 8.78. The predicted molar refractivity (Wildman–Crippen MR) is 130 cm³/mol. The van der Waals surface area contributed by atoms with E-state index in [0.29, 0.717) is 0 Å². The number of rotatable bonds is 12. The van der Waals surface area contributed by atoms with Crippen LogP contribution in [0.15, 0.2) is 12.1 Å². The summed E-state index contributed by atoms with van der Waals surface area (Å²) in [6.07, 6.45) is 7.46. The number of nitrogens with zero attached hydrogens (tertiary/aromatic N) is 2. The van der Waals surface area contributed by atoms with E-state index >= 15 is 0 Å². The van der Waals surface area contributed by atoms with Crippen LogP contribution in [0.1, 0.15) is 77.6 Å². The molecule has 172 valence electrons. The number of aromatic nitrogens is 2. The normalized spacial score (nSPS) is 14.5. The average molecular weight is 600 g/mol. The van der Waals surface area contributed by atoms with Crippen LogP contribution < -0.4 is 12.5 Å². The van der Waals surface area contributed by atoms with E-state index in [4.69, 9.17) is 12.5 Å². The van der Waals surface area contributed by atoms with E-state index in [0.717, 1.165) is 28.5 Å². The minimum atomic E-state index is -2.85. The quantitative estimate of drug-likeness (QED) is 0.259. The van der Waals surface area contributed by atoms with Crippen molar-refractivity contribution in [3.8, 4) is 28.5 Å². The van der Waals surface area contributed by atoms with E-state index in [1.54, 1.807) is 7.11 Å². The Balaban J connectivity index is 2.02. The van der Waals surface area contributed by atoms with E-state index in [-0.39, 0.29) is 20.3 Å². The maximum absolute atomic E-state index is 7.11. The second kappa shape index (κ2) is 10.9. The summed E-state index contributed by atoms with van der Waals surface area (Å²) < 4.78 is 28.8. The number of unbranched alkanes of at least 4 members (excludes halogenated alkanes) is 3. The monoisotopic (exact) mass is 602 g/mol. The first-order valence-corrected chi connectivity index (χ1v) is 20.7. The average Bonchev–Trinajstić information content (AvgIpc) is 3.25. The molecular formula is C24H38N2O3SeSn. The minimum absolute atomic E-state index is 0.00496. The maximum atomic E-state index is 7.11. The summed E-state index contributed by atoms with van der Waals surface area (Å²) in [5, 5.41) is 4.47. The van der Waals surface area contributed by atoms with Crippen molar-refractivity contribution in [2.45, 2.75) is 92.1 Å². The summed E-state index contributed by atoms with van der Waals surface area (Å²) in [6.45, 7) is 11.1. The summed E-state index contributed by atoms with van der Waals surface area (Å²) >= 11 is -2.85. The second-order valence-corrected chi connectivity index (χ2v) is 22.4. The Bertz CT molecular complexity index is 847. The molecule has 1 aliphatic heterocycles.